The normalized spacial score (nSPS) is 19.4. The Morgan fingerprint density at radius 2 is 1.56 bits per heavy atom. The summed E-state index contributed by atoms with van der Waals surface area (Å²) in [5.74, 6) is 1.96. The SMILES string of the molecule is OCc1ccc(CCNC(C2CC2)C2CC2)cc1. The van der Waals surface area contributed by atoms with Gasteiger partial charge < -0.3 is 10.4 Å². The first kappa shape index (κ1) is 12.2. The molecule has 2 fully saturated rings. The average Bonchev–Trinajstić information content (AvgIpc) is 3.29. The van der Waals surface area contributed by atoms with Gasteiger partial charge in [0.1, 0.15) is 0 Å². The molecule has 98 valence electrons. The van der Waals surface area contributed by atoms with Gasteiger partial charge in [-0.2, -0.15) is 0 Å². The van der Waals surface area contributed by atoms with Crippen LogP contribution in [-0.2, 0) is 13.0 Å². The molecule has 3 rings (SSSR count). The van der Waals surface area contributed by atoms with E-state index < -0.39 is 0 Å². The number of nitrogens with one attached hydrogen (secondary N) is 1. The summed E-state index contributed by atoms with van der Waals surface area (Å²) in [5, 5.41) is 12.8. The Labute approximate surface area is 109 Å². The summed E-state index contributed by atoms with van der Waals surface area (Å²) in [6.45, 7) is 1.24. The van der Waals surface area contributed by atoms with E-state index in [9.17, 15) is 0 Å². The van der Waals surface area contributed by atoms with Crippen LogP contribution in [0.25, 0.3) is 0 Å². The predicted molar refractivity (Wildman–Crippen MR) is 73.3 cm³/mol. The fourth-order valence-corrected chi connectivity index (χ4v) is 2.82. The minimum absolute atomic E-state index is 0.143. The minimum atomic E-state index is 0.143. The topological polar surface area (TPSA) is 32.3 Å². The molecule has 0 amide bonds. The molecule has 0 heterocycles. The molecule has 0 aliphatic heterocycles. The standard InChI is InChI=1S/C16H23NO/c18-11-13-3-1-12(2-4-13)9-10-17-16(14-5-6-14)15-7-8-15/h1-4,14-18H,5-11H2. The molecule has 0 atom stereocenters. The molecule has 0 radical (unpaired) electrons. The molecule has 1 aromatic carbocycles. The monoisotopic (exact) mass is 245 g/mol. The van der Waals surface area contributed by atoms with Gasteiger partial charge in [-0.15, -0.1) is 0 Å². The fourth-order valence-electron chi connectivity index (χ4n) is 2.82. The van der Waals surface area contributed by atoms with E-state index in [1.54, 1.807) is 0 Å². The van der Waals surface area contributed by atoms with Crippen molar-refractivity contribution >= 4 is 0 Å². The van der Waals surface area contributed by atoms with Gasteiger partial charge in [0.05, 0.1) is 6.61 Å². The van der Waals surface area contributed by atoms with Crippen LogP contribution in [0.15, 0.2) is 24.3 Å². The van der Waals surface area contributed by atoms with Crippen molar-refractivity contribution in [2.24, 2.45) is 11.8 Å². The molecular formula is C16H23NO. The number of rotatable bonds is 7. The predicted octanol–water partition coefficient (Wildman–Crippen LogP) is 2.50. The minimum Gasteiger partial charge on any atom is -0.392 e. The van der Waals surface area contributed by atoms with Gasteiger partial charge in [-0.05, 0) is 61.6 Å². The number of hydrogen-bond acceptors (Lipinski definition) is 2. The summed E-state index contributed by atoms with van der Waals surface area (Å²) in [7, 11) is 0. The molecule has 2 saturated carbocycles. The Morgan fingerprint density at radius 3 is 2.06 bits per heavy atom. The highest BCUT2D eigenvalue weighted by molar-refractivity contribution is 5.22. The molecule has 0 bridgehead atoms. The zero-order valence-corrected chi connectivity index (χ0v) is 10.9. The van der Waals surface area contributed by atoms with Gasteiger partial charge in [0, 0.05) is 6.04 Å². The van der Waals surface area contributed by atoms with E-state index in [1.807, 2.05) is 12.1 Å². The van der Waals surface area contributed by atoms with Crippen molar-refractivity contribution in [2.45, 2.75) is 44.8 Å². The number of aliphatic hydroxyl groups excluding tert-OH is 1. The van der Waals surface area contributed by atoms with Crippen LogP contribution >= 0.6 is 0 Å². The summed E-state index contributed by atoms with van der Waals surface area (Å²) in [5.41, 5.74) is 2.37. The van der Waals surface area contributed by atoms with Gasteiger partial charge >= 0.3 is 0 Å². The third-order valence-electron chi connectivity index (χ3n) is 4.26. The Hall–Kier alpha value is -0.860. The summed E-state index contributed by atoms with van der Waals surface area (Å²) < 4.78 is 0. The Kier molecular flexibility index (Phi) is 3.67. The highest BCUT2D eigenvalue weighted by Crippen LogP contribution is 2.44. The van der Waals surface area contributed by atoms with Crippen molar-refractivity contribution < 1.29 is 5.11 Å². The van der Waals surface area contributed by atoms with Crippen LogP contribution < -0.4 is 5.32 Å². The zero-order valence-electron chi connectivity index (χ0n) is 10.9. The molecule has 2 nitrogen and oxygen atoms in total. The van der Waals surface area contributed by atoms with Crippen LogP contribution in [-0.4, -0.2) is 17.7 Å². The van der Waals surface area contributed by atoms with E-state index in [0.717, 1.165) is 36.4 Å². The van der Waals surface area contributed by atoms with Crippen LogP contribution in [0.5, 0.6) is 0 Å². The van der Waals surface area contributed by atoms with Gasteiger partial charge in [0.15, 0.2) is 0 Å². The molecule has 0 unspecified atom stereocenters. The second kappa shape index (κ2) is 5.41. The van der Waals surface area contributed by atoms with E-state index in [-0.39, 0.29) is 6.61 Å². The summed E-state index contributed by atoms with van der Waals surface area (Å²) in [6.07, 6.45) is 6.87. The molecule has 2 aliphatic carbocycles. The summed E-state index contributed by atoms with van der Waals surface area (Å²) in [4.78, 5) is 0. The van der Waals surface area contributed by atoms with Crippen LogP contribution in [0.4, 0.5) is 0 Å². The molecule has 2 aliphatic rings. The average molecular weight is 245 g/mol. The quantitative estimate of drug-likeness (QED) is 0.773. The van der Waals surface area contributed by atoms with Crippen molar-refractivity contribution in [1.29, 1.82) is 0 Å². The van der Waals surface area contributed by atoms with Gasteiger partial charge in [-0.3, -0.25) is 0 Å². The maximum absolute atomic E-state index is 9.00. The van der Waals surface area contributed by atoms with Gasteiger partial charge in [-0.1, -0.05) is 24.3 Å². The third-order valence-corrected chi connectivity index (χ3v) is 4.26. The van der Waals surface area contributed by atoms with Crippen molar-refractivity contribution in [2.75, 3.05) is 6.54 Å². The van der Waals surface area contributed by atoms with Crippen molar-refractivity contribution in [3.8, 4) is 0 Å². The van der Waals surface area contributed by atoms with Crippen LogP contribution in [0, 0.1) is 11.8 Å². The Balaban J connectivity index is 1.45. The molecule has 2 heteroatoms. The summed E-state index contributed by atoms with van der Waals surface area (Å²) in [6, 6.07) is 9.12. The number of benzene rings is 1. The Morgan fingerprint density at radius 1 is 1.00 bits per heavy atom. The highest BCUT2D eigenvalue weighted by Gasteiger charge is 2.40. The molecule has 0 aromatic heterocycles. The molecule has 1 aromatic rings. The molecule has 18 heavy (non-hydrogen) atoms. The maximum atomic E-state index is 9.00. The van der Waals surface area contributed by atoms with Gasteiger partial charge in [0.2, 0.25) is 0 Å². The van der Waals surface area contributed by atoms with Crippen molar-refractivity contribution in [3.05, 3.63) is 35.4 Å². The van der Waals surface area contributed by atoms with Gasteiger partial charge in [0.25, 0.3) is 0 Å². The summed E-state index contributed by atoms with van der Waals surface area (Å²) >= 11 is 0. The van der Waals surface area contributed by atoms with E-state index in [2.05, 4.69) is 17.4 Å². The van der Waals surface area contributed by atoms with Crippen LogP contribution in [0.3, 0.4) is 0 Å². The molecule has 2 N–H and O–H groups in total. The molecular weight excluding hydrogens is 222 g/mol. The van der Waals surface area contributed by atoms with E-state index >= 15 is 0 Å². The second-order valence-corrected chi connectivity index (χ2v) is 5.88. The van der Waals surface area contributed by atoms with E-state index in [1.165, 1.54) is 31.2 Å². The fraction of sp³-hybridized carbons (Fsp3) is 0.625. The van der Waals surface area contributed by atoms with E-state index in [4.69, 9.17) is 5.11 Å². The lowest BCUT2D eigenvalue weighted by Gasteiger charge is -2.17. The third kappa shape index (κ3) is 3.12. The van der Waals surface area contributed by atoms with Crippen LogP contribution in [0.2, 0.25) is 0 Å². The molecule has 0 saturated heterocycles. The lowest BCUT2D eigenvalue weighted by molar-refractivity contribution is 0.282. The van der Waals surface area contributed by atoms with Gasteiger partial charge in [-0.25, -0.2) is 0 Å². The number of aliphatic hydroxyl groups is 1. The highest BCUT2D eigenvalue weighted by atomic mass is 16.3. The molecule has 0 spiro atoms. The first-order valence-corrected chi connectivity index (χ1v) is 7.29. The first-order chi connectivity index (χ1) is 8.86. The largest absolute Gasteiger partial charge is 0.392 e. The lowest BCUT2D eigenvalue weighted by Crippen LogP contribution is -2.34. The lowest BCUT2D eigenvalue weighted by atomic mass is 10.1. The maximum Gasteiger partial charge on any atom is 0.0681 e. The van der Waals surface area contributed by atoms with E-state index in [0.29, 0.717) is 0 Å². The van der Waals surface area contributed by atoms with Crippen molar-refractivity contribution in [1.82, 2.24) is 5.32 Å². The second-order valence-electron chi connectivity index (χ2n) is 5.88. The number of hydrogen-bond donors (Lipinski definition) is 2. The Bertz CT molecular complexity index is 367. The van der Waals surface area contributed by atoms with Crippen molar-refractivity contribution in [3.63, 3.8) is 0 Å². The zero-order chi connectivity index (χ0) is 12.4. The first-order valence-electron chi connectivity index (χ1n) is 7.29. The smallest absolute Gasteiger partial charge is 0.0681 e. The van der Waals surface area contributed by atoms with Crippen LogP contribution in [0.1, 0.15) is 36.8 Å².